The monoisotopic (exact) mass is 393 g/mol. The van der Waals surface area contributed by atoms with Crippen LogP contribution in [0.5, 0.6) is 11.5 Å². The average molecular weight is 393 g/mol. The van der Waals surface area contributed by atoms with Crippen LogP contribution >= 0.6 is 0 Å². The Morgan fingerprint density at radius 2 is 1.79 bits per heavy atom. The molecule has 1 amide bonds. The lowest BCUT2D eigenvalue weighted by Crippen LogP contribution is -2.31. The van der Waals surface area contributed by atoms with Gasteiger partial charge in [0.2, 0.25) is 0 Å². The molecule has 1 aromatic heterocycles. The Kier molecular flexibility index (Phi) is 6.22. The first-order chi connectivity index (χ1) is 13.9. The van der Waals surface area contributed by atoms with E-state index in [-0.39, 0.29) is 12.5 Å². The highest BCUT2D eigenvalue weighted by molar-refractivity contribution is 5.77. The Labute approximate surface area is 171 Å². The van der Waals surface area contributed by atoms with Gasteiger partial charge in [0.15, 0.2) is 18.1 Å². The van der Waals surface area contributed by atoms with Crippen molar-refractivity contribution in [2.45, 2.75) is 27.3 Å². The molecule has 3 rings (SSSR count). The summed E-state index contributed by atoms with van der Waals surface area (Å²) in [5.74, 6) is 1.07. The molecular formula is C23H27N3O3. The fourth-order valence-electron chi connectivity index (χ4n) is 3.19. The second-order valence-electron chi connectivity index (χ2n) is 7.09. The van der Waals surface area contributed by atoms with Crippen LogP contribution in [0, 0.1) is 20.8 Å². The largest absolute Gasteiger partial charge is 0.493 e. The standard InChI is InChI=1S/C23H27N3O3/c1-16-11-12-21(22(13-16)28-5)29-15-23(27)25(4)14-20-17(2)24-26(18(20)3)19-9-7-6-8-10-19/h6-13H,14-15H2,1-5H3. The number of rotatable bonds is 7. The summed E-state index contributed by atoms with van der Waals surface area (Å²) in [6.45, 7) is 6.38. The lowest BCUT2D eigenvalue weighted by molar-refractivity contribution is -0.132. The van der Waals surface area contributed by atoms with E-state index in [1.165, 1.54) is 0 Å². The van der Waals surface area contributed by atoms with Crippen LogP contribution in [-0.4, -0.2) is 41.4 Å². The van der Waals surface area contributed by atoms with Gasteiger partial charge in [-0.1, -0.05) is 24.3 Å². The van der Waals surface area contributed by atoms with E-state index < -0.39 is 0 Å². The van der Waals surface area contributed by atoms with Crippen molar-refractivity contribution in [3.63, 3.8) is 0 Å². The fraction of sp³-hybridized carbons (Fsp3) is 0.304. The molecule has 6 heteroatoms. The Hall–Kier alpha value is -3.28. The maximum Gasteiger partial charge on any atom is 0.260 e. The van der Waals surface area contributed by atoms with Gasteiger partial charge in [-0.2, -0.15) is 5.10 Å². The lowest BCUT2D eigenvalue weighted by atomic mass is 10.2. The first-order valence-electron chi connectivity index (χ1n) is 9.52. The van der Waals surface area contributed by atoms with Gasteiger partial charge in [0, 0.05) is 24.8 Å². The van der Waals surface area contributed by atoms with Crippen LogP contribution < -0.4 is 9.47 Å². The number of carbonyl (C=O) groups is 1. The Morgan fingerprint density at radius 1 is 1.07 bits per heavy atom. The van der Waals surface area contributed by atoms with Crippen molar-refractivity contribution in [3.05, 3.63) is 71.0 Å². The molecule has 3 aromatic rings. The van der Waals surface area contributed by atoms with E-state index in [1.54, 1.807) is 19.1 Å². The third-order valence-corrected chi connectivity index (χ3v) is 4.93. The Balaban J connectivity index is 1.68. The van der Waals surface area contributed by atoms with E-state index in [9.17, 15) is 4.79 Å². The molecule has 0 radical (unpaired) electrons. The zero-order valence-corrected chi connectivity index (χ0v) is 17.6. The van der Waals surface area contributed by atoms with E-state index in [2.05, 4.69) is 5.10 Å². The molecule has 6 nitrogen and oxygen atoms in total. The van der Waals surface area contributed by atoms with E-state index in [1.807, 2.05) is 74.0 Å². The molecule has 0 aliphatic rings. The second kappa shape index (κ2) is 8.82. The van der Waals surface area contributed by atoms with Gasteiger partial charge < -0.3 is 14.4 Å². The molecule has 0 unspecified atom stereocenters. The smallest absolute Gasteiger partial charge is 0.260 e. The van der Waals surface area contributed by atoms with Crippen molar-refractivity contribution in [2.24, 2.45) is 0 Å². The van der Waals surface area contributed by atoms with Crippen LogP contribution in [-0.2, 0) is 11.3 Å². The number of aryl methyl sites for hydroxylation is 2. The lowest BCUT2D eigenvalue weighted by Gasteiger charge is -2.18. The minimum Gasteiger partial charge on any atom is -0.493 e. The molecule has 0 fully saturated rings. The average Bonchev–Trinajstić information content (AvgIpc) is 3.01. The summed E-state index contributed by atoms with van der Waals surface area (Å²) in [5.41, 5.74) is 5.04. The second-order valence-corrected chi connectivity index (χ2v) is 7.09. The van der Waals surface area contributed by atoms with E-state index in [0.717, 1.165) is 28.2 Å². The van der Waals surface area contributed by atoms with Crippen LogP contribution in [0.25, 0.3) is 5.69 Å². The van der Waals surface area contributed by atoms with Crippen molar-refractivity contribution >= 4 is 5.91 Å². The molecule has 1 heterocycles. The van der Waals surface area contributed by atoms with Gasteiger partial charge in [-0.3, -0.25) is 4.79 Å². The SMILES string of the molecule is COc1cc(C)ccc1OCC(=O)N(C)Cc1c(C)nn(-c2ccccc2)c1C. The van der Waals surface area contributed by atoms with Crippen molar-refractivity contribution < 1.29 is 14.3 Å². The number of hydrogen-bond donors (Lipinski definition) is 0. The number of methoxy groups -OCH3 is 1. The molecule has 0 saturated heterocycles. The Morgan fingerprint density at radius 3 is 2.48 bits per heavy atom. The third kappa shape index (κ3) is 4.59. The summed E-state index contributed by atoms with van der Waals surface area (Å²) in [6, 6.07) is 15.6. The summed E-state index contributed by atoms with van der Waals surface area (Å²) in [7, 11) is 3.36. The van der Waals surface area contributed by atoms with Gasteiger partial charge >= 0.3 is 0 Å². The van der Waals surface area contributed by atoms with Crippen molar-refractivity contribution in [1.29, 1.82) is 0 Å². The number of likely N-dealkylation sites (N-methyl/N-ethyl adjacent to an activating group) is 1. The summed E-state index contributed by atoms with van der Waals surface area (Å²) in [4.78, 5) is 14.3. The van der Waals surface area contributed by atoms with Crippen molar-refractivity contribution in [2.75, 3.05) is 20.8 Å². The highest BCUT2D eigenvalue weighted by atomic mass is 16.5. The summed E-state index contributed by atoms with van der Waals surface area (Å²) < 4.78 is 12.9. The normalized spacial score (nSPS) is 10.7. The molecule has 0 saturated carbocycles. The number of hydrogen-bond acceptors (Lipinski definition) is 4. The van der Waals surface area contributed by atoms with Crippen LogP contribution in [0.15, 0.2) is 48.5 Å². The van der Waals surface area contributed by atoms with Crippen LogP contribution in [0.4, 0.5) is 0 Å². The van der Waals surface area contributed by atoms with Gasteiger partial charge in [-0.15, -0.1) is 0 Å². The summed E-state index contributed by atoms with van der Waals surface area (Å²) in [5, 5.41) is 4.65. The molecule has 0 aliphatic heterocycles. The van der Waals surface area contributed by atoms with Crippen LogP contribution in [0.1, 0.15) is 22.5 Å². The predicted molar refractivity (Wildman–Crippen MR) is 113 cm³/mol. The molecule has 2 aromatic carbocycles. The maximum atomic E-state index is 12.6. The molecular weight excluding hydrogens is 366 g/mol. The van der Waals surface area contributed by atoms with Gasteiger partial charge in [0.1, 0.15) is 0 Å². The topological polar surface area (TPSA) is 56.6 Å². The van der Waals surface area contributed by atoms with Crippen molar-refractivity contribution in [1.82, 2.24) is 14.7 Å². The zero-order chi connectivity index (χ0) is 21.0. The quantitative estimate of drug-likeness (QED) is 0.612. The molecule has 152 valence electrons. The molecule has 0 N–H and O–H groups in total. The minimum atomic E-state index is -0.112. The number of para-hydroxylation sites is 1. The minimum absolute atomic E-state index is 0.0547. The number of benzene rings is 2. The predicted octanol–water partition coefficient (Wildman–Crippen LogP) is 3.84. The number of ether oxygens (including phenoxy) is 2. The summed E-state index contributed by atoms with van der Waals surface area (Å²) in [6.07, 6.45) is 0. The van der Waals surface area contributed by atoms with Gasteiger partial charge in [0.25, 0.3) is 5.91 Å². The molecule has 0 atom stereocenters. The van der Waals surface area contributed by atoms with Crippen molar-refractivity contribution in [3.8, 4) is 17.2 Å². The third-order valence-electron chi connectivity index (χ3n) is 4.93. The first kappa shape index (κ1) is 20.5. The van der Waals surface area contributed by atoms with E-state index in [4.69, 9.17) is 9.47 Å². The van der Waals surface area contributed by atoms with E-state index >= 15 is 0 Å². The van der Waals surface area contributed by atoms with Crippen LogP contribution in [0.3, 0.4) is 0 Å². The summed E-state index contributed by atoms with van der Waals surface area (Å²) >= 11 is 0. The molecule has 0 bridgehead atoms. The molecule has 0 aliphatic carbocycles. The number of carbonyl (C=O) groups excluding carboxylic acids is 1. The van der Waals surface area contributed by atoms with Crippen LogP contribution in [0.2, 0.25) is 0 Å². The van der Waals surface area contributed by atoms with Gasteiger partial charge in [0.05, 0.1) is 18.5 Å². The highest BCUT2D eigenvalue weighted by Crippen LogP contribution is 2.27. The Bertz CT molecular complexity index is 996. The van der Waals surface area contributed by atoms with E-state index in [0.29, 0.717) is 18.0 Å². The number of nitrogens with zero attached hydrogens (tertiary/aromatic N) is 3. The van der Waals surface area contributed by atoms with Gasteiger partial charge in [-0.05, 0) is 50.6 Å². The highest BCUT2D eigenvalue weighted by Gasteiger charge is 2.18. The maximum absolute atomic E-state index is 12.6. The fourth-order valence-corrected chi connectivity index (χ4v) is 3.19. The van der Waals surface area contributed by atoms with Gasteiger partial charge in [-0.25, -0.2) is 4.68 Å². The number of amides is 1. The zero-order valence-electron chi connectivity index (χ0n) is 17.6. The number of aromatic nitrogens is 2. The first-order valence-corrected chi connectivity index (χ1v) is 9.52. The molecule has 29 heavy (non-hydrogen) atoms. The molecule has 0 spiro atoms.